The van der Waals surface area contributed by atoms with Crippen LogP contribution in [0.25, 0.3) is 10.2 Å². The van der Waals surface area contributed by atoms with Crippen molar-refractivity contribution in [1.82, 2.24) is 20.2 Å². The third kappa shape index (κ3) is 4.17. The normalized spacial score (nSPS) is 17.9. The minimum atomic E-state index is -0.151. The van der Waals surface area contributed by atoms with Crippen molar-refractivity contribution < 1.29 is 4.79 Å². The summed E-state index contributed by atoms with van der Waals surface area (Å²) in [6, 6.07) is 9.83. The molecule has 0 unspecified atom stereocenters. The van der Waals surface area contributed by atoms with E-state index in [9.17, 15) is 4.79 Å². The Hall–Kier alpha value is -2.51. The van der Waals surface area contributed by atoms with Crippen LogP contribution in [0, 0.1) is 0 Å². The van der Waals surface area contributed by atoms with Gasteiger partial charge in [-0.05, 0) is 49.2 Å². The summed E-state index contributed by atoms with van der Waals surface area (Å²) in [7, 11) is 0. The number of urea groups is 1. The van der Waals surface area contributed by atoms with Crippen LogP contribution in [0.15, 0.2) is 48.2 Å². The molecule has 0 bridgehead atoms. The van der Waals surface area contributed by atoms with Gasteiger partial charge in [-0.15, -0.1) is 11.3 Å². The third-order valence-corrected chi connectivity index (χ3v) is 5.35. The van der Waals surface area contributed by atoms with Crippen LogP contribution in [-0.4, -0.2) is 40.0 Å². The maximum Gasteiger partial charge on any atom is 0.319 e. The Morgan fingerprint density at radius 3 is 3.19 bits per heavy atom. The van der Waals surface area contributed by atoms with Crippen LogP contribution < -0.4 is 10.6 Å². The number of likely N-dealkylation sites (tertiary alicyclic amines) is 1. The number of nitrogens with one attached hydrogen (secondary N) is 2. The van der Waals surface area contributed by atoms with Crippen molar-refractivity contribution in [3.8, 4) is 0 Å². The summed E-state index contributed by atoms with van der Waals surface area (Å²) >= 11 is 1.57. The van der Waals surface area contributed by atoms with Gasteiger partial charge in [0.05, 0.1) is 15.7 Å². The Bertz CT molecular complexity index is 882. The quantitative estimate of drug-likeness (QED) is 0.741. The van der Waals surface area contributed by atoms with Crippen LogP contribution in [0.1, 0.15) is 18.4 Å². The Balaban J connectivity index is 1.31. The topological polar surface area (TPSA) is 70.2 Å². The van der Waals surface area contributed by atoms with E-state index in [-0.39, 0.29) is 12.1 Å². The van der Waals surface area contributed by atoms with E-state index in [0.717, 1.165) is 48.4 Å². The molecule has 1 fully saturated rings. The van der Waals surface area contributed by atoms with E-state index in [2.05, 4.69) is 31.6 Å². The van der Waals surface area contributed by atoms with Gasteiger partial charge in [0, 0.05) is 37.2 Å². The highest BCUT2D eigenvalue weighted by atomic mass is 32.1. The van der Waals surface area contributed by atoms with Crippen molar-refractivity contribution in [3.63, 3.8) is 0 Å². The van der Waals surface area contributed by atoms with Gasteiger partial charge in [-0.2, -0.15) is 0 Å². The molecule has 2 N–H and O–H groups in total. The highest BCUT2D eigenvalue weighted by molar-refractivity contribution is 7.16. The van der Waals surface area contributed by atoms with E-state index in [1.54, 1.807) is 17.5 Å². The van der Waals surface area contributed by atoms with Crippen LogP contribution in [0.3, 0.4) is 0 Å². The minimum absolute atomic E-state index is 0.151. The number of hydrogen-bond acceptors (Lipinski definition) is 5. The first-order chi connectivity index (χ1) is 12.8. The molecular formula is C19H21N5OS. The zero-order chi connectivity index (χ0) is 17.8. The molecule has 0 spiro atoms. The van der Waals surface area contributed by atoms with Crippen molar-refractivity contribution >= 4 is 33.3 Å². The zero-order valence-electron chi connectivity index (χ0n) is 14.4. The van der Waals surface area contributed by atoms with E-state index in [0.29, 0.717) is 0 Å². The van der Waals surface area contributed by atoms with Crippen LogP contribution in [0.5, 0.6) is 0 Å². The second-order valence-electron chi connectivity index (χ2n) is 6.57. The lowest BCUT2D eigenvalue weighted by molar-refractivity contribution is 0.183. The molecule has 2 amide bonds. The maximum absolute atomic E-state index is 12.4. The largest absolute Gasteiger partial charge is 0.334 e. The number of carbonyl (C=O) groups is 1. The summed E-state index contributed by atoms with van der Waals surface area (Å²) in [5.41, 5.74) is 4.77. The number of hydrogen-bond donors (Lipinski definition) is 2. The van der Waals surface area contributed by atoms with Gasteiger partial charge in [0.25, 0.3) is 0 Å². The molecule has 134 valence electrons. The fourth-order valence-electron chi connectivity index (χ4n) is 3.35. The van der Waals surface area contributed by atoms with Crippen molar-refractivity contribution in [2.45, 2.75) is 25.4 Å². The molecule has 0 saturated carbocycles. The van der Waals surface area contributed by atoms with E-state index in [1.165, 1.54) is 5.56 Å². The number of rotatable bonds is 4. The van der Waals surface area contributed by atoms with Crippen molar-refractivity contribution in [3.05, 3.63) is 53.8 Å². The van der Waals surface area contributed by atoms with Gasteiger partial charge in [-0.25, -0.2) is 9.78 Å². The van der Waals surface area contributed by atoms with Gasteiger partial charge in [0.15, 0.2) is 0 Å². The number of thiazole rings is 1. The van der Waals surface area contributed by atoms with Gasteiger partial charge >= 0.3 is 6.03 Å². The highest BCUT2D eigenvalue weighted by Gasteiger charge is 2.21. The Kier molecular flexibility index (Phi) is 5.08. The number of fused-ring (bicyclic) bond motifs is 1. The zero-order valence-corrected chi connectivity index (χ0v) is 15.2. The average molecular weight is 367 g/mol. The van der Waals surface area contributed by atoms with Crippen LogP contribution >= 0.6 is 11.3 Å². The first-order valence-corrected chi connectivity index (χ1v) is 9.66. The van der Waals surface area contributed by atoms with E-state index in [1.807, 2.05) is 36.0 Å². The van der Waals surface area contributed by atoms with Gasteiger partial charge in [-0.1, -0.05) is 6.07 Å². The summed E-state index contributed by atoms with van der Waals surface area (Å²) in [6.45, 7) is 2.78. The molecule has 1 atom stereocenters. The first kappa shape index (κ1) is 16.9. The highest BCUT2D eigenvalue weighted by Crippen LogP contribution is 2.22. The van der Waals surface area contributed by atoms with Gasteiger partial charge in [0.2, 0.25) is 0 Å². The molecule has 2 aromatic heterocycles. The molecule has 1 aromatic carbocycles. The van der Waals surface area contributed by atoms with Crippen LogP contribution in [0.4, 0.5) is 10.5 Å². The standard InChI is InChI=1S/C19H21N5OS/c25-19(22-15-5-6-17-18(9-15)26-13-21-17)23-16-4-2-8-24(12-16)11-14-3-1-7-20-10-14/h1,3,5-7,9-10,13,16H,2,4,8,11-12H2,(H2,22,23,25)/t16-/m0/s1. The van der Waals surface area contributed by atoms with E-state index < -0.39 is 0 Å². The molecule has 6 nitrogen and oxygen atoms in total. The van der Waals surface area contributed by atoms with Crippen LogP contribution in [-0.2, 0) is 6.54 Å². The molecular weight excluding hydrogens is 346 g/mol. The molecule has 26 heavy (non-hydrogen) atoms. The number of piperidine rings is 1. The Morgan fingerprint density at radius 1 is 1.35 bits per heavy atom. The molecule has 4 rings (SSSR count). The number of benzene rings is 1. The molecule has 1 saturated heterocycles. The number of amides is 2. The van der Waals surface area contributed by atoms with Crippen LogP contribution in [0.2, 0.25) is 0 Å². The van der Waals surface area contributed by atoms with E-state index in [4.69, 9.17) is 0 Å². The number of carbonyl (C=O) groups excluding carboxylic acids is 1. The SMILES string of the molecule is O=C(Nc1ccc2ncsc2c1)N[C@H]1CCCN(Cc2cccnc2)C1. The Labute approximate surface area is 156 Å². The average Bonchev–Trinajstić information content (AvgIpc) is 3.10. The predicted octanol–water partition coefficient (Wildman–Crippen LogP) is 3.48. The summed E-state index contributed by atoms with van der Waals surface area (Å²) in [6.07, 6.45) is 5.78. The van der Waals surface area contributed by atoms with Crippen molar-refractivity contribution in [2.75, 3.05) is 18.4 Å². The molecule has 7 heteroatoms. The summed E-state index contributed by atoms with van der Waals surface area (Å²) in [4.78, 5) is 23.2. The Morgan fingerprint density at radius 2 is 2.31 bits per heavy atom. The predicted molar refractivity (Wildman–Crippen MR) is 104 cm³/mol. The number of aromatic nitrogens is 2. The van der Waals surface area contributed by atoms with E-state index >= 15 is 0 Å². The smallest absolute Gasteiger partial charge is 0.319 e. The van der Waals surface area contributed by atoms with Crippen molar-refractivity contribution in [2.24, 2.45) is 0 Å². The summed E-state index contributed by atoms with van der Waals surface area (Å²) < 4.78 is 1.07. The first-order valence-electron chi connectivity index (χ1n) is 8.78. The number of anilines is 1. The molecule has 0 radical (unpaired) electrons. The third-order valence-electron chi connectivity index (χ3n) is 4.56. The minimum Gasteiger partial charge on any atom is -0.334 e. The second kappa shape index (κ2) is 7.80. The lowest BCUT2D eigenvalue weighted by Crippen LogP contribution is -2.48. The summed E-state index contributed by atoms with van der Waals surface area (Å²) in [5.74, 6) is 0. The molecule has 1 aliphatic heterocycles. The van der Waals surface area contributed by atoms with Gasteiger partial charge in [-0.3, -0.25) is 9.88 Å². The lowest BCUT2D eigenvalue weighted by Gasteiger charge is -2.33. The number of pyridine rings is 1. The fourth-order valence-corrected chi connectivity index (χ4v) is 4.07. The second-order valence-corrected chi connectivity index (χ2v) is 7.46. The molecule has 1 aliphatic rings. The maximum atomic E-state index is 12.4. The molecule has 3 aromatic rings. The van der Waals surface area contributed by atoms with Gasteiger partial charge < -0.3 is 10.6 Å². The molecule has 0 aliphatic carbocycles. The molecule has 3 heterocycles. The monoisotopic (exact) mass is 367 g/mol. The summed E-state index contributed by atoms with van der Waals surface area (Å²) in [5, 5.41) is 6.04. The van der Waals surface area contributed by atoms with Gasteiger partial charge in [0.1, 0.15) is 0 Å². The van der Waals surface area contributed by atoms with Crippen molar-refractivity contribution in [1.29, 1.82) is 0 Å². The lowest BCUT2D eigenvalue weighted by atomic mass is 10.1. The fraction of sp³-hybridized carbons (Fsp3) is 0.316. The number of nitrogens with zero attached hydrogens (tertiary/aromatic N) is 3.